The van der Waals surface area contributed by atoms with Crippen LogP contribution in [-0.2, 0) is 6.18 Å². The van der Waals surface area contributed by atoms with Gasteiger partial charge in [-0.2, -0.15) is 26.3 Å². The smallest absolute Gasteiger partial charge is 0.378 e. The van der Waals surface area contributed by atoms with E-state index in [0.29, 0.717) is 44.8 Å². The van der Waals surface area contributed by atoms with E-state index >= 15 is 0 Å². The molecule has 0 radical (unpaired) electrons. The van der Waals surface area contributed by atoms with E-state index < -0.39 is 36.9 Å². The molecule has 4 fully saturated rings. The van der Waals surface area contributed by atoms with Gasteiger partial charge in [0, 0.05) is 43.7 Å². The first-order valence-electron chi connectivity index (χ1n) is 11.8. The molecule has 1 saturated carbocycles. The number of urea groups is 1. The average Bonchev–Trinajstić information content (AvgIpc) is 3.18. The molecule has 1 aliphatic carbocycles. The van der Waals surface area contributed by atoms with Crippen molar-refractivity contribution in [2.75, 3.05) is 44.2 Å². The van der Waals surface area contributed by atoms with Crippen LogP contribution in [0.3, 0.4) is 0 Å². The Morgan fingerprint density at radius 3 is 2.19 bits per heavy atom. The number of rotatable bonds is 3. The van der Waals surface area contributed by atoms with Crippen molar-refractivity contribution >= 4 is 11.8 Å². The second kappa shape index (κ2) is 7.71. The van der Waals surface area contributed by atoms with Gasteiger partial charge in [-0.25, -0.2) is 19.4 Å². The number of amides is 2. The predicted molar refractivity (Wildman–Crippen MR) is 114 cm³/mol. The summed E-state index contributed by atoms with van der Waals surface area (Å²) in [5.74, 6) is -0.715. The van der Waals surface area contributed by atoms with Gasteiger partial charge in [0.05, 0.1) is 19.1 Å². The zero-order valence-electron chi connectivity index (χ0n) is 19.4. The summed E-state index contributed by atoms with van der Waals surface area (Å²) in [5, 5.41) is 13.1. The normalized spacial score (nSPS) is 23.4. The number of aromatic nitrogens is 4. The second-order valence-corrected chi connectivity index (χ2v) is 10.7. The van der Waals surface area contributed by atoms with E-state index in [2.05, 4.69) is 15.1 Å². The molecule has 2 aromatic rings. The van der Waals surface area contributed by atoms with Crippen LogP contribution < -0.4 is 4.90 Å². The van der Waals surface area contributed by atoms with Gasteiger partial charge >= 0.3 is 18.4 Å². The van der Waals surface area contributed by atoms with Crippen molar-refractivity contribution in [3.05, 3.63) is 36.0 Å². The van der Waals surface area contributed by atoms with E-state index in [1.165, 1.54) is 9.58 Å². The van der Waals surface area contributed by atoms with Crippen LogP contribution in [0.4, 0.5) is 37.0 Å². The number of hydrogen-bond donors (Lipinski definition) is 1. The van der Waals surface area contributed by atoms with Crippen LogP contribution in [0.2, 0.25) is 0 Å². The van der Waals surface area contributed by atoms with Crippen LogP contribution in [0.5, 0.6) is 0 Å². The maximum Gasteiger partial charge on any atom is 0.453 e. The number of halogens is 6. The Kier molecular flexibility index (Phi) is 5.05. The summed E-state index contributed by atoms with van der Waals surface area (Å²) in [6, 6.07) is 3.17. The topological polar surface area (TPSA) is 90.6 Å². The molecule has 4 aliphatic rings. The maximum absolute atomic E-state index is 12.8. The summed E-state index contributed by atoms with van der Waals surface area (Å²) < 4.78 is 77.8. The number of β-amino-alcohol motifs (C(OH)–C–C–N with tert-alkyl or cyclic N) is 1. The molecule has 0 atom stereocenters. The number of carbonyl (C=O) groups is 1. The number of hydrogen-bond acceptors (Lipinski definition) is 6. The minimum atomic E-state index is -4.68. The van der Waals surface area contributed by atoms with Gasteiger partial charge in [0.25, 0.3) is 5.82 Å². The highest BCUT2D eigenvalue weighted by Gasteiger charge is 2.61. The number of carbonyl (C=O) groups excluding carboxylic acids is 1. The molecule has 37 heavy (non-hydrogen) atoms. The van der Waals surface area contributed by atoms with Crippen molar-refractivity contribution in [3.8, 4) is 0 Å². The quantitative estimate of drug-likeness (QED) is 0.613. The third kappa shape index (κ3) is 3.97. The van der Waals surface area contributed by atoms with E-state index in [1.54, 1.807) is 28.1 Å². The summed E-state index contributed by atoms with van der Waals surface area (Å²) >= 11 is 0. The predicted octanol–water partition coefficient (Wildman–Crippen LogP) is 2.66. The molecule has 0 unspecified atom stereocenters. The Morgan fingerprint density at radius 1 is 0.973 bits per heavy atom. The number of pyridine rings is 1. The van der Waals surface area contributed by atoms with Gasteiger partial charge in [0.2, 0.25) is 0 Å². The average molecular weight is 531 g/mol. The van der Waals surface area contributed by atoms with Crippen molar-refractivity contribution in [2.24, 2.45) is 5.41 Å². The van der Waals surface area contributed by atoms with Gasteiger partial charge in [0.1, 0.15) is 12.1 Å². The number of alkyl halides is 6. The Labute approximate surface area is 206 Å². The fourth-order valence-corrected chi connectivity index (χ4v) is 5.66. The standard InChI is InChI=1S/C22H23F6N7O2/c23-21(24,25)17-30-12-35(31-17)15-3-19(4-15)8-34(9-19)18(36)32-6-14(7-32)13-1-2-16(29-5-13)33-10-20(37,11-33)22(26,27)28/h1-2,5,12,14-15,37H,3-4,6-11H2. The fourth-order valence-electron chi connectivity index (χ4n) is 5.66. The van der Waals surface area contributed by atoms with Gasteiger partial charge in [-0.15, -0.1) is 5.10 Å². The molecular weight excluding hydrogens is 508 g/mol. The Hall–Kier alpha value is -3.10. The number of anilines is 1. The molecule has 0 aromatic carbocycles. The lowest BCUT2D eigenvalue weighted by molar-refractivity contribution is -0.267. The summed E-state index contributed by atoms with van der Waals surface area (Å²) in [6.45, 7) is 1.01. The van der Waals surface area contributed by atoms with Crippen LogP contribution in [0, 0.1) is 5.41 Å². The van der Waals surface area contributed by atoms with E-state index in [-0.39, 0.29) is 23.4 Å². The SMILES string of the molecule is O=C(N1CC(c2ccc(N3CC(O)(C(F)(F)F)C3)nc2)C1)N1CC2(CC(n3cnc(C(F)(F)F)n3)C2)C1. The lowest BCUT2D eigenvalue weighted by atomic mass is 9.61. The molecule has 200 valence electrons. The lowest BCUT2D eigenvalue weighted by Crippen LogP contribution is -2.69. The van der Waals surface area contributed by atoms with Gasteiger partial charge < -0.3 is 19.8 Å². The minimum absolute atomic E-state index is 0.0764. The van der Waals surface area contributed by atoms with Gasteiger partial charge in [-0.3, -0.25) is 0 Å². The number of likely N-dealkylation sites (tertiary alicyclic amines) is 2. The van der Waals surface area contributed by atoms with E-state index in [1.807, 2.05) is 0 Å². The second-order valence-electron chi connectivity index (χ2n) is 10.7. The monoisotopic (exact) mass is 531 g/mol. The van der Waals surface area contributed by atoms with Crippen LogP contribution >= 0.6 is 0 Å². The van der Waals surface area contributed by atoms with Gasteiger partial charge in [0.15, 0.2) is 5.60 Å². The fraction of sp³-hybridized carbons (Fsp3) is 0.636. The molecule has 5 heterocycles. The molecule has 1 N–H and O–H groups in total. The first kappa shape index (κ1) is 24.2. The molecule has 3 saturated heterocycles. The summed E-state index contributed by atoms with van der Waals surface area (Å²) in [5.41, 5.74) is -1.90. The lowest BCUT2D eigenvalue weighted by Gasteiger charge is -2.60. The molecular formula is C22H23F6N7O2. The zero-order chi connectivity index (χ0) is 26.4. The summed E-state index contributed by atoms with van der Waals surface area (Å²) in [7, 11) is 0. The third-order valence-corrected chi connectivity index (χ3v) is 7.95. The zero-order valence-corrected chi connectivity index (χ0v) is 19.4. The van der Waals surface area contributed by atoms with Crippen LogP contribution in [0.1, 0.15) is 36.2 Å². The van der Waals surface area contributed by atoms with Gasteiger partial charge in [-0.05, 0) is 24.5 Å². The maximum atomic E-state index is 12.8. The number of nitrogens with zero attached hydrogens (tertiary/aromatic N) is 7. The third-order valence-electron chi connectivity index (χ3n) is 7.95. The molecule has 15 heteroatoms. The molecule has 9 nitrogen and oxygen atoms in total. The molecule has 2 aromatic heterocycles. The van der Waals surface area contributed by atoms with Crippen molar-refractivity contribution in [1.29, 1.82) is 0 Å². The minimum Gasteiger partial charge on any atom is -0.378 e. The Morgan fingerprint density at radius 2 is 1.65 bits per heavy atom. The van der Waals surface area contributed by atoms with Crippen LogP contribution in [0.15, 0.2) is 24.7 Å². The van der Waals surface area contributed by atoms with Crippen molar-refractivity contribution in [2.45, 2.75) is 42.8 Å². The van der Waals surface area contributed by atoms with Gasteiger partial charge in [-0.1, -0.05) is 6.07 Å². The van der Waals surface area contributed by atoms with Crippen LogP contribution in [-0.4, -0.2) is 91.7 Å². The van der Waals surface area contributed by atoms with Crippen molar-refractivity contribution < 1.29 is 36.2 Å². The summed E-state index contributed by atoms with van der Waals surface area (Å²) in [4.78, 5) is 25.1. The van der Waals surface area contributed by atoms with E-state index in [4.69, 9.17) is 0 Å². The highest BCUT2D eigenvalue weighted by molar-refractivity contribution is 5.77. The molecule has 3 aliphatic heterocycles. The highest BCUT2D eigenvalue weighted by Crippen LogP contribution is 2.54. The molecule has 6 rings (SSSR count). The van der Waals surface area contributed by atoms with Crippen molar-refractivity contribution in [1.82, 2.24) is 29.5 Å². The molecule has 0 bridgehead atoms. The molecule has 1 spiro atoms. The van der Waals surface area contributed by atoms with Crippen LogP contribution in [0.25, 0.3) is 0 Å². The Balaban J connectivity index is 0.947. The van der Waals surface area contributed by atoms with E-state index in [9.17, 15) is 36.2 Å². The number of aliphatic hydroxyl groups is 1. The largest absolute Gasteiger partial charge is 0.453 e. The summed E-state index contributed by atoms with van der Waals surface area (Å²) in [6.07, 6.45) is -5.26. The molecule has 2 amide bonds. The Bertz CT molecular complexity index is 1190. The first-order valence-corrected chi connectivity index (χ1v) is 11.8. The van der Waals surface area contributed by atoms with Crippen molar-refractivity contribution in [3.63, 3.8) is 0 Å². The highest BCUT2D eigenvalue weighted by atomic mass is 19.4. The van der Waals surface area contributed by atoms with E-state index in [0.717, 1.165) is 11.9 Å². The first-order chi connectivity index (χ1) is 17.3.